The van der Waals surface area contributed by atoms with Crippen LogP contribution in [0.15, 0.2) is 36.4 Å². The third-order valence-electron chi connectivity index (χ3n) is 7.46. The fourth-order valence-corrected chi connectivity index (χ4v) is 5.08. The Morgan fingerprint density at radius 2 is 1.20 bits per heavy atom. The molecule has 4 N–H and O–H groups in total. The molecule has 0 spiro atoms. The highest BCUT2D eigenvalue weighted by Crippen LogP contribution is 2.52. The maximum atomic E-state index is 14.3. The Balaban J connectivity index is 2.01. The highest BCUT2D eigenvalue weighted by Gasteiger charge is 2.42. The zero-order valence-electron chi connectivity index (χ0n) is 26.4. The normalized spacial score (nSPS) is 11.9. The van der Waals surface area contributed by atoms with E-state index in [2.05, 4.69) is 17.6 Å². The van der Waals surface area contributed by atoms with Crippen LogP contribution in [-0.4, -0.2) is 54.1 Å². The van der Waals surface area contributed by atoms with Crippen LogP contribution in [0.4, 0.5) is 17.1 Å². The standard InChI is InChI=1S/C35H42N2O8/c1-5-9-18-36-29-30(37-22-14-12-21(13-15-22)35(42)43-8-4)34(45-20-11-7-3)28-27(33(29)44-19-10-6-2)31(40)25-23(38)16-17-24(39)26(25)32(28)41/h12-17,36-39H,5-11,18-20H2,1-4H3. The first kappa shape index (κ1) is 33.2. The van der Waals surface area contributed by atoms with Crippen LogP contribution < -0.4 is 20.1 Å². The highest BCUT2D eigenvalue weighted by molar-refractivity contribution is 6.33. The number of hydrogen-bond acceptors (Lipinski definition) is 10. The molecular weight excluding hydrogens is 576 g/mol. The van der Waals surface area contributed by atoms with Gasteiger partial charge in [-0.15, -0.1) is 0 Å². The first-order valence-electron chi connectivity index (χ1n) is 15.7. The number of anilines is 3. The molecule has 0 heterocycles. The van der Waals surface area contributed by atoms with Crippen LogP contribution in [0.5, 0.6) is 23.0 Å². The SMILES string of the molecule is CCCCNc1c(Nc2ccc(C(=O)OCC)cc2)c(OCCCC)c2c(c1OCCCC)C(=O)c1c(O)ccc(O)c1C2=O. The molecule has 0 saturated heterocycles. The molecule has 0 saturated carbocycles. The fourth-order valence-electron chi connectivity index (χ4n) is 5.08. The van der Waals surface area contributed by atoms with E-state index in [-0.39, 0.29) is 53.6 Å². The number of ether oxygens (including phenoxy) is 3. The first-order chi connectivity index (χ1) is 21.8. The molecule has 0 radical (unpaired) electrons. The molecule has 0 amide bonds. The van der Waals surface area contributed by atoms with Crippen molar-refractivity contribution in [3.05, 3.63) is 64.2 Å². The molecule has 1 aliphatic rings. The number of hydrogen-bond donors (Lipinski definition) is 4. The van der Waals surface area contributed by atoms with E-state index in [0.717, 1.165) is 25.7 Å². The van der Waals surface area contributed by atoms with Gasteiger partial charge in [0.25, 0.3) is 0 Å². The number of fused-ring (bicyclic) bond motifs is 2. The number of ketones is 2. The second kappa shape index (κ2) is 15.3. The molecule has 3 aromatic carbocycles. The van der Waals surface area contributed by atoms with Crippen molar-refractivity contribution in [2.45, 2.75) is 66.2 Å². The van der Waals surface area contributed by atoms with Gasteiger partial charge in [0.05, 0.1) is 47.6 Å². The van der Waals surface area contributed by atoms with Gasteiger partial charge in [0, 0.05) is 12.2 Å². The zero-order chi connectivity index (χ0) is 32.5. The monoisotopic (exact) mass is 618 g/mol. The Hall–Kier alpha value is -4.73. The molecule has 0 bridgehead atoms. The minimum Gasteiger partial charge on any atom is -0.507 e. The third kappa shape index (κ3) is 7.00. The summed E-state index contributed by atoms with van der Waals surface area (Å²) in [7, 11) is 0. The quantitative estimate of drug-likeness (QED) is 0.0571. The first-order valence-corrected chi connectivity index (χ1v) is 15.7. The second-order valence-corrected chi connectivity index (χ2v) is 10.8. The second-order valence-electron chi connectivity index (χ2n) is 10.8. The smallest absolute Gasteiger partial charge is 0.338 e. The average molecular weight is 619 g/mol. The highest BCUT2D eigenvalue weighted by atomic mass is 16.5. The summed E-state index contributed by atoms with van der Waals surface area (Å²) in [6.45, 7) is 9.14. The van der Waals surface area contributed by atoms with Crippen molar-refractivity contribution < 1.29 is 38.8 Å². The van der Waals surface area contributed by atoms with Gasteiger partial charge in [0.15, 0.2) is 11.5 Å². The van der Waals surface area contributed by atoms with E-state index >= 15 is 0 Å². The maximum Gasteiger partial charge on any atom is 0.338 e. The summed E-state index contributed by atoms with van der Waals surface area (Å²) in [5.74, 6) is -2.31. The lowest BCUT2D eigenvalue weighted by Crippen LogP contribution is -2.25. The van der Waals surface area contributed by atoms with Crippen LogP contribution in [0.3, 0.4) is 0 Å². The molecule has 0 aromatic heterocycles. The van der Waals surface area contributed by atoms with Crippen molar-refractivity contribution in [2.75, 3.05) is 37.0 Å². The number of phenolic OH excluding ortho intramolecular Hbond substituents is 2. The molecule has 0 atom stereocenters. The van der Waals surface area contributed by atoms with Gasteiger partial charge in [0.1, 0.15) is 22.9 Å². The lowest BCUT2D eigenvalue weighted by molar-refractivity contribution is 0.0526. The number of benzene rings is 3. The molecule has 4 rings (SSSR count). The Morgan fingerprint density at radius 3 is 1.69 bits per heavy atom. The average Bonchev–Trinajstić information content (AvgIpc) is 3.03. The molecule has 240 valence electrons. The van der Waals surface area contributed by atoms with E-state index in [4.69, 9.17) is 14.2 Å². The van der Waals surface area contributed by atoms with E-state index in [1.165, 1.54) is 12.1 Å². The minimum absolute atomic E-state index is 0.0294. The molecule has 45 heavy (non-hydrogen) atoms. The van der Waals surface area contributed by atoms with Gasteiger partial charge in [-0.2, -0.15) is 0 Å². The van der Waals surface area contributed by atoms with E-state index in [1.807, 2.05) is 13.8 Å². The third-order valence-corrected chi connectivity index (χ3v) is 7.46. The summed E-state index contributed by atoms with van der Waals surface area (Å²) in [6, 6.07) is 9.06. The Kier molecular flexibility index (Phi) is 11.3. The lowest BCUT2D eigenvalue weighted by atomic mass is 9.81. The Labute approximate surface area is 263 Å². The van der Waals surface area contributed by atoms with Crippen LogP contribution in [-0.2, 0) is 4.74 Å². The molecule has 0 unspecified atom stereocenters. The van der Waals surface area contributed by atoms with Crippen LogP contribution in [0.25, 0.3) is 0 Å². The van der Waals surface area contributed by atoms with Crippen molar-refractivity contribution in [3.63, 3.8) is 0 Å². The molecule has 3 aromatic rings. The van der Waals surface area contributed by atoms with Gasteiger partial charge >= 0.3 is 5.97 Å². The number of aromatic hydroxyl groups is 2. The number of unbranched alkanes of at least 4 members (excludes halogenated alkanes) is 3. The Morgan fingerprint density at radius 1 is 0.689 bits per heavy atom. The predicted octanol–water partition coefficient (Wildman–Crippen LogP) is 7.36. The summed E-state index contributed by atoms with van der Waals surface area (Å²) in [4.78, 5) is 40.7. The van der Waals surface area contributed by atoms with Crippen molar-refractivity contribution >= 4 is 34.6 Å². The lowest BCUT2D eigenvalue weighted by Gasteiger charge is -2.29. The van der Waals surface area contributed by atoms with Crippen LogP contribution in [0.1, 0.15) is 108 Å². The van der Waals surface area contributed by atoms with Gasteiger partial charge in [-0.1, -0.05) is 40.0 Å². The molecule has 10 heteroatoms. The summed E-state index contributed by atoms with van der Waals surface area (Å²) in [6.07, 6.45) is 4.75. The van der Waals surface area contributed by atoms with Gasteiger partial charge in [-0.05, 0) is 62.6 Å². The van der Waals surface area contributed by atoms with E-state index < -0.39 is 29.0 Å². The number of phenols is 2. The van der Waals surface area contributed by atoms with Crippen molar-refractivity contribution in [1.29, 1.82) is 0 Å². The topological polar surface area (TPSA) is 143 Å². The maximum absolute atomic E-state index is 14.3. The van der Waals surface area contributed by atoms with Crippen LogP contribution in [0, 0.1) is 0 Å². The Bertz CT molecular complexity index is 1550. The molecule has 0 aliphatic heterocycles. The summed E-state index contributed by atoms with van der Waals surface area (Å²) >= 11 is 0. The van der Waals surface area contributed by atoms with Gasteiger partial charge in [0.2, 0.25) is 11.6 Å². The van der Waals surface area contributed by atoms with Gasteiger partial charge in [-0.3, -0.25) is 9.59 Å². The summed E-state index contributed by atoms with van der Waals surface area (Å²) in [5, 5.41) is 28.2. The fraction of sp³-hybridized carbons (Fsp3) is 0.400. The molecule has 0 fully saturated rings. The van der Waals surface area contributed by atoms with E-state index in [1.54, 1.807) is 31.2 Å². The number of esters is 1. The minimum atomic E-state index is -0.666. The number of carbonyl (C=O) groups is 3. The predicted molar refractivity (Wildman–Crippen MR) is 173 cm³/mol. The van der Waals surface area contributed by atoms with Gasteiger partial charge in [-0.25, -0.2) is 4.79 Å². The molecule has 10 nitrogen and oxygen atoms in total. The largest absolute Gasteiger partial charge is 0.507 e. The summed E-state index contributed by atoms with van der Waals surface area (Å²) < 4.78 is 17.7. The van der Waals surface area contributed by atoms with Crippen LogP contribution >= 0.6 is 0 Å². The van der Waals surface area contributed by atoms with Crippen molar-refractivity contribution in [2.24, 2.45) is 0 Å². The summed E-state index contributed by atoms with van der Waals surface area (Å²) in [5.41, 5.74) is 1.12. The van der Waals surface area contributed by atoms with Crippen LogP contribution in [0.2, 0.25) is 0 Å². The van der Waals surface area contributed by atoms with Crippen molar-refractivity contribution in [1.82, 2.24) is 0 Å². The zero-order valence-corrected chi connectivity index (χ0v) is 26.4. The van der Waals surface area contributed by atoms with Gasteiger partial charge < -0.3 is 35.1 Å². The number of nitrogens with one attached hydrogen (secondary N) is 2. The number of carbonyl (C=O) groups excluding carboxylic acids is 3. The number of rotatable bonds is 16. The van der Waals surface area contributed by atoms with E-state index in [0.29, 0.717) is 42.0 Å². The van der Waals surface area contributed by atoms with E-state index in [9.17, 15) is 24.6 Å². The molecule has 1 aliphatic carbocycles. The van der Waals surface area contributed by atoms with Crippen molar-refractivity contribution in [3.8, 4) is 23.0 Å². The molecular formula is C35H42N2O8.